The van der Waals surface area contributed by atoms with Crippen molar-refractivity contribution in [3.63, 3.8) is 0 Å². The maximum atomic E-state index is 12.4. The molecule has 142 valence electrons. The standard InChI is InChI=1S/C14H10F6N2O4/c1-25-8-4-2-7(3-5-8)22-10(23)9(6-21)11(24)26-12(13(15,16)17)14(18,19)20/h2-5,9,12H,1H3,(H,22,23). The van der Waals surface area contributed by atoms with E-state index in [0.717, 1.165) is 6.07 Å². The quantitative estimate of drug-likeness (QED) is 0.479. The lowest BCUT2D eigenvalue weighted by Gasteiger charge is -2.23. The minimum Gasteiger partial charge on any atom is -0.497 e. The predicted molar refractivity (Wildman–Crippen MR) is 72.7 cm³/mol. The molecule has 1 atom stereocenters. The Hall–Kier alpha value is -2.97. The van der Waals surface area contributed by atoms with Crippen molar-refractivity contribution in [2.45, 2.75) is 18.5 Å². The van der Waals surface area contributed by atoms with Crippen LogP contribution in [-0.4, -0.2) is 37.4 Å². The lowest BCUT2D eigenvalue weighted by molar-refractivity contribution is -0.313. The Balaban J connectivity index is 2.90. The molecule has 1 rings (SSSR count). The molecular weight excluding hydrogens is 374 g/mol. The van der Waals surface area contributed by atoms with Crippen molar-refractivity contribution in [2.24, 2.45) is 5.92 Å². The lowest BCUT2D eigenvalue weighted by Crippen LogP contribution is -2.47. The SMILES string of the molecule is COc1ccc(NC(=O)C(C#N)C(=O)OC(C(F)(F)F)C(F)(F)F)cc1. The Morgan fingerprint density at radius 1 is 1.08 bits per heavy atom. The maximum Gasteiger partial charge on any atom is 0.434 e. The number of methoxy groups -OCH3 is 1. The van der Waals surface area contributed by atoms with Crippen molar-refractivity contribution < 1.29 is 45.4 Å². The van der Waals surface area contributed by atoms with Gasteiger partial charge in [0, 0.05) is 5.69 Å². The van der Waals surface area contributed by atoms with Crippen LogP contribution in [0.2, 0.25) is 0 Å². The van der Waals surface area contributed by atoms with Gasteiger partial charge in [0.25, 0.3) is 12.0 Å². The molecule has 12 heteroatoms. The molecule has 0 aromatic heterocycles. The average molecular weight is 384 g/mol. The summed E-state index contributed by atoms with van der Waals surface area (Å²) < 4.78 is 82.4. The van der Waals surface area contributed by atoms with Crippen LogP contribution in [-0.2, 0) is 14.3 Å². The highest BCUT2D eigenvalue weighted by Gasteiger charge is 2.60. The van der Waals surface area contributed by atoms with Gasteiger partial charge in [0.05, 0.1) is 13.2 Å². The number of nitrogens with one attached hydrogen (secondary N) is 1. The molecule has 0 aliphatic carbocycles. The maximum absolute atomic E-state index is 12.4. The van der Waals surface area contributed by atoms with Crippen LogP contribution in [0.1, 0.15) is 0 Å². The number of nitriles is 1. The largest absolute Gasteiger partial charge is 0.497 e. The van der Waals surface area contributed by atoms with Gasteiger partial charge in [-0.2, -0.15) is 31.6 Å². The summed E-state index contributed by atoms with van der Waals surface area (Å²) in [6.07, 6.45) is -16.4. The molecule has 26 heavy (non-hydrogen) atoms. The van der Waals surface area contributed by atoms with E-state index in [4.69, 9.17) is 10.00 Å². The average Bonchev–Trinajstić information content (AvgIpc) is 2.52. The van der Waals surface area contributed by atoms with Gasteiger partial charge in [-0.3, -0.25) is 9.59 Å². The number of hydrogen-bond donors (Lipinski definition) is 1. The molecule has 0 saturated carbocycles. The number of amides is 1. The highest BCUT2D eigenvalue weighted by molar-refractivity contribution is 6.07. The third-order valence-corrected chi connectivity index (χ3v) is 2.81. The van der Waals surface area contributed by atoms with Gasteiger partial charge in [-0.1, -0.05) is 0 Å². The number of hydrogen-bond acceptors (Lipinski definition) is 5. The second-order valence-electron chi connectivity index (χ2n) is 4.68. The van der Waals surface area contributed by atoms with E-state index in [2.05, 4.69) is 4.74 Å². The number of rotatable bonds is 5. The van der Waals surface area contributed by atoms with Crippen molar-refractivity contribution in [3.8, 4) is 11.8 Å². The van der Waals surface area contributed by atoms with Gasteiger partial charge in [-0.05, 0) is 24.3 Å². The first kappa shape index (κ1) is 21.1. The summed E-state index contributed by atoms with van der Waals surface area (Å²) >= 11 is 0. The number of ether oxygens (including phenoxy) is 2. The molecule has 0 saturated heterocycles. The second-order valence-corrected chi connectivity index (χ2v) is 4.68. The molecular formula is C14H10F6N2O4. The van der Waals surface area contributed by atoms with Gasteiger partial charge < -0.3 is 14.8 Å². The summed E-state index contributed by atoms with van der Waals surface area (Å²) in [5, 5.41) is 10.7. The molecule has 6 nitrogen and oxygen atoms in total. The van der Waals surface area contributed by atoms with Crippen LogP contribution < -0.4 is 10.1 Å². The molecule has 0 spiro atoms. The van der Waals surface area contributed by atoms with Gasteiger partial charge in [0.2, 0.25) is 5.92 Å². The van der Waals surface area contributed by atoms with Crippen LogP contribution in [0.25, 0.3) is 0 Å². The number of carbonyl (C=O) groups is 2. The lowest BCUT2D eigenvalue weighted by atomic mass is 10.1. The van der Waals surface area contributed by atoms with E-state index in [9.17, 15) is 35.9 Å². The molecule has 1 aromatic rings. The zero-order chi connectivity index (χ0) is 20.1. The molecule has 1 amide bonds. The Morgan fingerprint density at radius 3 is 1.96 bits per heavy atom. The highest BCUT2D eigenvalue weighted by Crippen LogP contribution is 2.36. The molecule has 1 unspecified atom stereocenters. The third kappa shape index (κ3) is 5.54. The highest BCUT2D eigenvalue weighted by atomic mass is 19.4. The van der Waals surface area contributed by atoms with E-state index in [1.807, 2.05) is 5.32 Å². The minimum absolute atomic E-state index is 0.0204. The number of alkyl halides is 6. The first-order valence-electron chi connectivity index (χ1n) is 6.58. The predicted octanol–water partition coefficient (Wildman–Crippen LogP) is 2.81. The molecule has 0 aliphatic heterocycles. The molecule has 0 heterocycles. The fourth-order valence-corrected chi connectivity index (χ4v) is 1.61. The van der Waals surface area contributed by atoms with Crippen molar-refractivity contribution in [2.75, 3.05) is 12.4 Å². The van der Waals surface area contributed by atoms with Crippen LogP contribution in [0.5, 0.6) is 5.75 Å². The first-order valence-corrected chi connectivity index (χ1v) is 6.58. The van der Waals surface area contributed by atoms with Gasteiger partial charge in [0.1, 0.15) is 5.75 Å². The zero-order valence-corrected chi connectivity index (χ0v) is 12.8. The summed E-state index contributed by atoms with van der Waals surface area (Å²) in [5.41, 5.74) is 0.0204. The molecule has 0 radical (unpaired) electrons. The minimum atomic E-state index is -5.96. The van der Waals surface area contributed by atoms with E-state index >= 15 is 0 Å². The van der Waals surface area contributed by atoms with Gasteiger partial charge in [-0.25, -0.2) is 0 Å². The Morgan fingerprint density at radius 2 is 1.58 bits per heavy atom. The van der Waals surface area contributed by atoms with Gasteiger partial charge in [-0.15, -0.1) is 0 Å². The van der Waals surface area contributed by atoms with Crippen molar-refractivity contribution in [1.29, 1.82) is 5.26 Å². The van der Waals surface area contributed by atoms with Crippen molar-refractivity contribution in [1.82, 2.24) is 0 Å². The smallest absolute Gasteiger partial charge is 0.434 e. The van der Waals surface area contributed by atoms with Crippen molar-refractivity contribution >= 4 is 17.6 Å². The van der Waals surface area contributed by atoms with E-state index in [0.29, 0.717) is 5.75 Å². The molecule has 0 fully saturated rings. The zero-order valence-electron chi connectivity index (χ0n) is 12.8. The monoisotopic (exact) mass is 384 g/mol. The number of carbonyl (C=O) groups excluding carboxylic acids is 2. The van der Waals surface area contributed by atoms with Crippen molar-refractivity contribution in [3.05, 3.63) is 24.3 Å². The summed E-state index contributed by atoms with van der Waals surface area (Å²) in [6, 6.07) is 6.29. The van der Waals surface area contributed by atoms with E-state index in [1.165, 1.54) is 31.4 Å². The van der Waals surface area contributed by atoms with Gasteiger partial charge in [0.15, 0.2) is 0 Å². The number of esters is 1. The normalized spacial score (nSPS) is 12.9. The van der Waals surface area contributed by atoms with E-state index in [1.54, 1.807) is 0 Å². The number of anilines is 1. The first-order chi connectivity index (χ1) is 11.9. The summed E-state index contributed by atoms with van der Waals surface area (Å²) in [7, 11) is 1.35. The van der Waals surface area contributed by atoms with Crippen LogP contribution in [0, 0.1) is 17.2 Å². The summed E-state index contributed by atoms with van der Waals surface area (Å²) in [4.78, 5) is 23.3. The molecule has 0 aliphatic rings. The number of nitrogens with zero attached hydrogens (tertiary/aromatic N) is 1. The number of benzene rings is 1. The number of halogens is 6. The van der Waals surface area contributed by atoms with Crippen LogP contribution in [0.15, 0.2) is 24.3 Å². The Kier molecular flexibility index (Phi) is 6.44. The Bertz CT molecular complexity index is 679. The fraction of sp³-hybridized carbons (Fsp3) is 0.357. The fourth-order valence-electron chi connectivity index (χ4n) is 1.61. The summed E-state index contributed by atoms with van der Waals surface area (Å²) in [6.45, 7) is 0. The second kappa shape index (κ2) is 7.94. The topological polar surface area (TPSA) is 88.4 Å². The Labute approximate surface area is 142 Å². The summed E-state index contributed by atoms with van der Waals surface area (Å²) in [5.74, 6) is -5.88. The van der Waals surface area contributed by atoms with Crippen LogP contribution in [0.3, 0.4) is 0 Å². The third-order valence-electron chi connectivity index (χ3n) is 2.81. The molecule has 1 aromatic carbocycles. The molecule has 0 bridgehead atoms. The van der Waals surface area contributed by atoms with Gasteiger partial charge >= 0.3 is 18.3 Å². The van der Waals surface area contributed by atoms with E-state index < -0.39 is 36.3 Å². The van der Waals surface area contributed by atoms with Crippen LogP contribution in [0.4, 0.5) is 32.0 Å². The molecule has 1 N–H and O–H groups in total. The van der Waals surface area contributed by atoms with E-state index in [-0.39, 0.29) is 5.69 Å². The van der Waals surface area contributed by atoms with Crippen LogP contribution >= 0.6 is 0 Å².